The van der Waals surface area contributed by atoms with Crippen LogP contribution in [0.15, 0.2) is 12.7 Å². The fraction of sp³-hybridized carbons (Fsp3) is 0.571. The Morgan fingerprint density at radius 1 is 1.50 bits per heavy atom. The van der Waals surface area contributed by atoms with Crippen LogP contribution in [0.3, 0.4) is 0 Å². The third kappa shape index (κ3) is 7.81. The third-order valence-corrected chi connectivity index (χ3v) is 0.684. The Hall–Kier alpha value is -0.193. The van der Waals surface area contributed by atoms with Crippen molar-refractivity contribution in [1.29, 1.82) is 0 Å². The Morgan fingerprint density at radius 3 is 2.00 bits per heavy atom. The number of rotatable bonds is 1. The summed E-state index contributed by atoms with van der Waals surface area (Å²) in [4.78, 5) is 10.6. The van der Waals surface area contributed by atoms with Crippen LogP contribution in [0.5, 0.6) is 0 Å². The molecular weight excluding hydrogens is 121 g/mol. The Kier molecular flexibility index (Phi) is 5.74. The summed E-state index contributed by atoms with van der Waals surface area (Å²) in [6, 6.07) is 0. The van der Waals surface area contributed by atoms with E-state index < -0.39 is 0 Å². The van der Waals surface area contributed by atoms with Gasteiger partial charge in [-0.1, -0.05) is 6.58 Å². The van der Waals surface area contributed by atoms with Crippen molar-refractivity contribution < 1.29 is 4.79 Å². The second-order valence-electron chi connectivity index (χ2n) is 2.94. The minimum atomic E-state index is -0.148. The molecule has 10 heavy (non-hydrogen) atoms. The average Bonchev–Trinajstić information content (AvgIpc) is 1.62. The molecule has 0 saturated heterocycles. The summed E-state index contributed by atoms with van der Waals surface area (Å²) in [5.41, 5.74) is -0.148. The van der Waals surface area contributed by atoms with Gasteiger partial charge >= 0.3 is 18.9 Å². The normalized spacial score (nSPS) is 9.50. The summed E-state index contributed by atoms with van der Waals surface area (Å²) in [7, 11) is 0. The fourth-order valence-electron chi connectivity index (χ4n) is 0.421. The first-order chi connectivity index (χ1) is 3.95. The molecule has 0 fully saturated rings. The van der Waals surface area contributed by atoms with Crippen molar-refractivity contribution >= 4 is 24.8 Å². The van der Waals surface area contributed by atoms with E-state index in [1.165, 1.54) is 6.08 Å². The zero-order valence-electron chi connectivity index (χ0n) is 6.19. The van der Waals surface area contributed by atoms with Gasteiger partial charge in [0, 0.05) is 5.54 Å². The van der Waals surface area contributed by atoms with Gasteiger partial charge in [0.2, 0.25) is 5.91 Å². The second kappa shape index (κ2) is 4.60. The number of carbonyl (C=O) groups excluding carboxylic acids is 1. The van der Waals surface area contributed by atoms with E-state index in [0.717, 1.165) is 0 Å². The molecule has 0 unspecified atom stereocenters. The van der Waals surface area contributed by atoms with Crippen LogP contribution >= 0.6 is 0 Å². The molecule has 0 atom stereocenters. The third-order valence-electron chi connectivity index (χ3n) is 0.684. The summed E-state index contributed by atoms with van der Waals surface area (Å²) in [5, 5.41) is 2.71. The zero-order valence-corrected chi connectivity index (χ0v) is 6.19. The summed E-state index contributed by atoms with van der Waals surface area (Å²) in [6.45, 7) is 9.11. The Balaban J connectivity index is 0. The monoisotopic (exact) mass is 135 g/mol. The molecule has 0 bridgehead atoms. The van der Waals surface area contributed by atoms with Crippen molar-refractivity contribution in [1.82, 2.24) is 5.32 Å². The molecule has 54 valence electrons. The van der Waals surface area contributed by atoms with Gasteiger partial charge in [-0.3, -0.25) is 4.79 Å². The maximum atomic E-state index is 10.6. The first kappa shape index (κ1) is 12.5. The van der Waals surface area contributed by atoms with Crippen molar-refractivity contribution in [2.24, 2.45) is 0 Å². The van der Waals surface area contributed by atoms with E-state index >= 15 is 0 Å². The van der Waals surface area contributed by atoms with Gasteiger partial charge < -0.3 is 5.32 Å². The standard InChI is InChI=1S/C7H13NO.Li.H/c1-5-6(9)8-7(2,3)4;;/h5H,1H2,2-4H3,(H,8,9);;. The van der Waals surface area contributed by atoms with Gasteiger partial charge in [0.25, 0.3) is 0 Å². The molecule has 0 aromatic heterocycles. The van der Waals surface area contributed by atoms with Crippen LogP contribution in [0.25, 0.3) is 0 Å². The summed E-state index contributed by atoms with van der Waals surface area (Å²) in [5.74, 6) is -0.123. The molecule has 0 aliphatic carbocycles. The Morgan fingerprint density at radius 2 is 1.90 bits per heavy atom. The van der Waals surface area contributed by atoms with Crippen molar-refractivity contribution in [2.45, 2.75) is 26.3 Å². The minimum absolute atomic E-state index is 0. The quantitative estimate of drug-likeness (QED) is 0.410. The molecular formula is C7H14LiNO. The van der Waals surface area contributed by atoms with Gasteiger partial charge in [-0.05, 0) is 26.8 Å². The van der Waals surface area contributed by atoms with E-state index in [1.807, 2.05) is 20.8 Å². The van der Waals surface area contributed by atoms with Gasteiger partial charge in [0.05, 0.1) is 0 Å². The molecule has 0 aliphatic rings. The fourth-order valence-corrected chi connectivity index (χ4v) is 0.421. The molecule has 0 aromatic rings. The van der Waals surface area contributed by atoms with Gasteiger partial charge in [0.15, 0.2) is 0 Å². The summed E-state index contributed by atoms with van der Waals surface area (Å²) >= 11 is 0. The van der Waals surface area contributed by atoms with E-state index in [-0.39, 0.29) is 30.3 Å². The second-order valence-corrected chi connectivity index (χ2v) is 2.94. The molecule has 0 saturated carbocycles. The molecule has 0 spiro atoms. The van der Waals surface area contributed by atoms with Crippen molar-refractivity contribution in [3.05, 3.63) is 12.7 Å². The number of amides is 1. The van der Waals surface area contributed by atoms with E-state index in [0.29, 0.717) is 0 Å². The molecule has 1 amide bonds. The van der Waals surface area contributed by atoms with Crippen LogP contribution in [0.2, 0.25) is 0 Å². The van der Waals surface area contributed by atoms with Crippen molar-refractivity contribution in [3.63, 3.8) is 0 Å². The van der Waals surface area contributed by atoms with Crippen LogP contribution in [-0.2, 0) is 4.79 Å². The van der Waals surface area contributed by atoms with Crippen LogP contribution < -0.4 is 5.32 Å². The van der Waals surface area contributed by atoms with E-state index in [9.17, 15) is 4.79 Å². The molecule has 0 rings (SSSR count). The number of hydrogen-bond acceptors (Lipinski definition) is 1. The molecule has 0 heterocycles. The van der Waals surface area contributed by atoms with E-state index in [1.54, 1.807) is 0 Å². The van der Waals surface area contributed by atoms with Crippen molar-refractivity contribution in [3.8, 4) is 0 Å². The van der Waals surface area contributed by atoms with E-state index in [4.69, 9.17) is 0 Å². The van der Waals surface area contributed by atoms with Crippen LogP contribution in [0.1, 0.15) is 20.8 Å². The van der Waals surface area contributed by atoms with Gasteiger partial charge in [-0.25, -0.2) is 0 Å². The summed E-state index contributed by atoms with van der Waals surface area (Å²) < 4.78 is 0. The van der Waals surface area contributed by atoms with Crippen LogP contribution in [-0.4, -0.2) is 30.3 Å². The zero-order chi connectivity index (χ0) is 7.49. The van der Waals surface area contributed by atoms with E-state index in [2.05, 4.69) is 11.9 Å². The topological polar surface area (TPSA) is 29.1 Å². The molecule has 1 N–H and O–H groups in total. The molecule has 0 aliphatic heterocycles. The average molecular weight is 135 g/mol. The number of carbonyl (C=O) groups is 1. The Labute approximate surface area is 74.2 Å². The van der Waals surface area contributed by atoms with Gasteiger partial charge in [-0.2, -0.15) is 0 Å². The van der Waals surface area contributed by atoms with Gasteiger partial charge in [-0.15, -0.1) is 0 Å². The Bertz CT molecular complexity index is 126. The first-order valence-corrected chi connectivity index (χ1v) is 2.90. The predicted octanol–water partition coefficient (Wildman–Crippen LogP) is 0.439. The predicted molar refractivity (Wildman–Crippen MR) is 45.2 cm³/mol. The molecule has 0 radical (unpaired) electrons. The van der Waals surface area contributed by atoms with Crippen molar-refractivity contribution in [2.75, 3.05) is 0 Å². The number of hydrogen-bond donors (Lipinski definition) is 1. The SMILES string of the molecule is C=CC(=O)NC(C)(C)C.[LiH]. The van der Waals surface area contributed by atoms with Gasteiger partial charge in [0.1, 0.15) is 0 Å². The first-order valence-electron chi connectivity index (χ1n) is 2.90. The molecule has 2 nitrogen and oxygen atoms in total. The van der Waals surface area contributed by atoms with Crippen LogP contribution in [0.4, 0.5) is 0 Å². The molecule has 3 heteroatoms. The maximum absolute atomic E-state index is 10.6. The van der Waals surface area contributed by atoms with Crippen LogP contribution in [0, 0.1) is 0 Å². The molecule has 0 aromatic carbocycles. The number of nitrogens with one attached hydrogen (secondary N) is 1. The summed E-state index contributed by atoms with van der Waals surface area (Å²) in [6.07, 6.45) is 1.27.